The molecule has 0 heterocycles. The number of methoxy groups -OCH3 is 1. The number of rotatable bonds is 7. The monoisotopic (exact) mass is 298 g/mol. The van der Waals surface area contributed by atoms with Crippen molar-refractivity contribution in [1.29, 1.82) is 0 Å². The minimum Gasteiger partial charge on any atom is -0.375 e. The van der Waals surface area contributed by atoms with E-state index in [1.54, 1.807) is 13.2 Å². The van der Waals surface area contributed by atoms with Crippen molar-refractivity contribution < 1.29 is 9.53 Å². The second-order valence-corrected chi connectivity index (χ2v) is 5.70. The molecule has 20 heavy (non-hydrogen) atoms. The Hall–Kier alpha value is -1.10. The molecule has 0 fully saturated rings. The highest BCUT2D eigenvalue weighted by atomic mass is 35.5. The molecule has 0 aliphatic carbocycles. The Kier molecular flexibility index (Phi) is 6.99. The van der Waals surface area contributed by atoms with Gasteiger partial charge in [-0.15, -0.1) is 0 Å². The van der Waals surface area contributed by atoms with Gasteiger partial charge in [-0.1, -0.05) is 37.6 Å². The Bertz CT molecular complexity index is 438. The molecule has 0 aliphatic heterocycles. The number of ether oxygens (including phenoxy) is 1. The van der Waals surface area contributed by atoms with E-state index in [-0.39, 0.29) is 12.0 Å². The van der Waals surface area contributed by atoms with E-state index in [1.807, 2.05) is 32.0 Å². The van der Waals surface area contributed by atoms with E-state index in [2.05, 4.69) is 5.32 Å². The third-order valence-corrected chi connectivity index (χ3v) is 3.26. The fourth-order valence-electron chi connectivity index (χ4n) is 1.98. The van der Waals surface area contributed by atoms with Gasteiger partial charge in [0, 0.05) is 18.7 Å². The molecule has 1 aromatic carbocycles. The maximum absolute atomic E-state index is 11.9. The van der Waals surface area contributed by atoms with E-state index < -0.39 is 6.04 Å². The van der Waals surface area contributed by atoms with E-state index >= 15 is 0 Å². The van der Waals surface area contributed by atoms with Gasteiger partial charge in [-0.2, -0.15) is 0 Å². The molecular weight excluding hydrogens is 276 g/mol. The van der Waals surface area contributed by atoms with Gasteiger partial charge >= 0.3 is 0 Å². The van der Waals surface area contributed by atoms with Gasteiger partial charge in [0.25, 0.3) is 0 Å². The second-order valence-electron chi connectivity index (χ2n) is 5.26. The zero-order chi connectivity index (χ0) is 15.1. The fourth-order valence-corrected chi connectivity index (χ4v) is 2.18. The zero-order valence-electron chi connectivity index (χ0n) is 12.2. The molecule has 4 nitrogen and oxygen atoms in total. The minimum absolute atomic E-state index is 0.150. The summed E-state index contributed by atoms with van der Waals surface area (Å²) in [5.74, 6) is 0.240. The highest BCUT2D eigenvalue weighted by Crippen LogP contribution is 2.19. The SMILES string of the molecule is COC(CNC(=O)[C@@H](N)CC(C)C)c1cccc(Cl)c1. The summed E-state index contributed by atoms with van der Waals surface area (Å²) in [7, 11) is 1.60. The van der Waals surface area contributed by atoms with Crippen LogP contribution in [0, 0.1) is 5.92 Å². The number of nitrogens with one attached hydrogen (secondary N) is 1. The molecule has 5 heteroatoms. The summed E-state index contributed by atoms with van der Waals surface area (Å²) < 4.78 is 5.39. The highest BCUT2D eigenvalue weighted by Gasteiger charge is 2.17. The third kappa shape index (κ3) is 5.49. The number of amides is 1. The van der Waals surface area contributed by atoms with Crippen LogP contribution in [0.5, 0.6) is 0 Å². The molecule has 0 radical (unpaired) electrons. The van der Waals surface area contributed by atoms with Crippen molar-refractivity contribution >= 4 is 17.5 Å². The van der Waals surface area contributed by atoms with Crippen LogP contribution in [-0.2, 0) is 9.53 Å². The van der Waals surface area contributed by atoms with Crippen LogP contribution >= 0.6 is 11.6 Å². The van der Waals surface area contributed by atoms with Crippen LogP contribution in [0.15, 0.2) is 24.3 Å². The predicted octanol–water partition coefficient (Wildman–Crippen LogP) is 2.52. The molecule has 0 aromatic heterocycles. The molecule has 2 atom stereocenters. The topological polar surface area (TPSA) is 64.3 Å². The third-order valence-electron chi connectivity index (χ3n) is 3.03. The second kappa shape index (κ2) is 8.25. The Balaban J connectivity index is 2.55. The Labute approximate surface area is 125 Å². The van der Waals surface area contributed by atoms with E-state index in [1.165, 1.54) is 0 Å². The number of halogens is 1. The number of nitrogens with two attached hydrogens (primary N) is 1. The van der Waals surface area contributed by atoms with Crippen LogP contribution in [0.1, 0.15) is 31.9 Å². The maximum Gasteiger partial charge on any atom is 0.237 e. The van der Waals surface area contributed by atoms with Gasteiger partial charge in [0.05, 0.1) is 12.1 Å². The van der Waals surface area contributed by atoms with Crippen LogP contribution in [0.2, 0.25) is 5.02 Å². The first-order valence-electron chi connectivity index (χ1n) is 6.75. The molecule has 0 bridgehead atoms. The Morgan fingerprint density at radius 1 is 1.45 bits per heavy atom. The summed E-state index contributed by atoms with van der Waals surface area (Å²) >= 11 is 5.95. The Morgan fingerprint density at radius 2 is 2.15 bits per heavy atom. The summed E-state index contributed by atoms with van der Waals surface area (Å²) in [4.78, 5) is 11.9. The summed E-state index contributed by atoms with van der Waals surface area (Å²) in [5.41, 5.74) is 6.76. The van der Waals surface area contributed by atoms with E-state index in [0.29, 0.717) is 23.9 Å². The summed E-state index contributed by atoms with van der Waals surface area (Å²) in [6.45, 7) is 4.45. The fraction of sp³-hybridized carbons (Fsp3) is 0.533. The van der Waals surface area contributed by atoms with Crippen molar-refractivity contribution in [3.8, 4) is 0 Å². The normalized spacial score (nSPS) is 14.1. The minimum atomic E-state index is -0.480. The van der Waals surface area contributed by atoms with Crippen molar-refractivity contribution in [3.05, 3.63) is 34.9 Å². The van der Waals surface area contributed by atoms with Crippen molar-refractivity contribution in [1.82, 2.24) is 5.32 Å². The number of benzene rings is 1. The molecule has 0 saturated carbocycles. The molecule has 0 spiro atoms. The molecule has 3 N–H and O–H groups in total. The van der Waals surface area contributed by atoms with Crippen LogP contribution in [0.25, 0.3) is 0 Å². The van der Waals surface area contributed by atoms with Crippen molar-refractivity contribution in [2.75, 3.05) is 13.7 Å². The standard InChI is InChI=1S/C15H23ClN2O2/c1-10(2)7-13(17)15(19)18-9-14(20-3)11-5-4-6-12(16)8-11/h4-6,8,10,13-14H,7,9,17H2,1-3H3,(H,18,19)/t13-,14?/m0/s1. The van der Waals surface area contributed by atoms with Gasteiger partial charge in [-0.25, -0.2) is 0 Å². The lowest BCUT2D eigenvalue weighted by molar-refractivity contribution is -0.123. The summed E-state index contributed by atoms with van der Waals surface area (Å²) in [6.07, 6.45) is 0.435. The van der Waals surface area contributed by atoms with Crippen LogP contribution in [-0.4, -0.2) is 25.6 Å². The van der Waals surface area contributed by atoms with E-state index in [9.17, 15) is 4.79 Å². The van der Waals surface area contributed by atoms with Crippen molar-refractivity contribution in [2.24, 2.45) is 11.7 Å². The molecule has 1 aromatic rings. The molecule has 0 aliphatic rings. The van der Waals surface area contributed by atoms with Gasteiger partial charge in [0.15, 0.2) is 0 Å². The number of carbonyl (C=O) groups is 1. The van der Waals surface area contributed by atoms with E-state index in [0.717, 1.165) is 5.56 Å². The zero-order valence-corrected chi connectivity index (χ0v) is 13.0. The lowest BCUT2D eigenvalue weighted by atomic mass is 10.0. The molecule has 112 valence electrons. The molecule has 1 rings (SSSR count). The average molecular weight is 299 g/mol. The quantitative estimate of drug-likeness (QED) is 0.813. The first kappa shape index (κ1) is 17.0. The van der Waals surface area contributed by atoms with Gasteiger partial charge in [0.2, 0.25) is 5.91 Å². The molecular formula is C15H23ClN2O2. The highest BCUT2D eigenvalue weighted by molar-refractivity contribution is 6.30. The van der Waals surface area contributed by atoms with Gasteiger partial charge < -0.3 is 15.8 Å². The first-order chi connectivity index (χ1) is 9.43. The smallest absolute Gasteiger partial charge is 0.237 e. The van der Waals surface area contributed by atoms with Gasteiger partial charge in [-0.3, -0.25) is 4.79 Å². The lowest BCUT2D eigenvalue weighted by Crippen LogP contribution is -2.43. The largest absolute Gasteiger partial charge is 0.375 e. The average Bonchev–Trinajstić information content (AvgIpc) is 2.38. The molecule has 0 saturated heterocycles. The molecule has 1 unspecified atom stereocenters. The van der Waals surface area contributed by atoms with Crippen LogP contribution in [0.3, 0.4) is 0 Å². The number of carbonyl (C=O) groups excluding carboxylic acids is 1. The van der Waals surface area contributed by atoms with Crippen LogP contribution in [0.4, 0.5) is 0 Å². The summed E-state index contributed by atoms with van der Waals surface area (Å²) in [5, 5.41) is 3.47. The maximum atomic E-state index is 11.9. The van der Waals surface area contributed by atoms with Crippen molar-refractivity contribution in [3.63, 3.8) is 0 Å². The number of hydrogen-bond acceptors (Lipinski definition) is 3. The summed E-state index contributed by atoms with van der Waals surface area (Å²) in [6, 6.07) is 6.92. The Morgan fingerprint density at radius 3 is 2.70 bits per heavy atom. The van der Waals surface area contributed by atoms with Gasteiger partial charge in [-0.05, 0) is 30.0 Å². The van der Waals surface area contributed by atoms with Crippen LogP contribution < -0.4 is 11.1 Å². The van der Waals surface area contributed by atoms with Crippen molar-refractivity contribution in [2.45, 2.75) is 32.4 Å². The number of hydrogen-bond donors (Lipinski definition) is 2. The van der Waals surface area contributed by atoms with E-state index in [4.69, 9.17) is 22.1 Å². The predicted molar refractivity (Wildman–Crippen MR) is 81.6 cm³/mol. The van der Waals surface area contributed by atoms with Gasteiger partial charge in [0.1, 0.15) is 0 Å². The lowest BCUT2D eigenvalue weighted by Gasteiger charge is -2.19. The first-order valence-corrected chi connectivity index (χ1v) is 7.13. The molecule has 1 amide bonds.